The van der Waals surface area contributed by atoms with Crippen LogP contribution in [-0.4, -0.2) is 57.3 Å². The highest BCUT2D eigenvalue weighted by molar-refractivity contribution is 5.94. The molecule has 1 aliphatic heterocycles. The summed E-state index contributed by atoms with van der Waals surface area (Å²) in [6.07, 6.45) is 8.02. The van der Waals surface area contributed by atoms with E-state index in [4.69, 9.17) is 4.74 Å². The number of piperidine rings is 1. The van der Waals surface area contributed by atoms with E-state index in [0.29, 0.717) is 30.8 Å². The van der Waals surface area contributed by atoms with Gasteiger partial charge in [0.2, 0.25) is 0 Å². The third-order valence-corrected chi connectivity index (χ3v) is 7.56. The third-order valence-electron chi connectivity index (χ3n) is 7.56. The highest BCUT2D eigenvalue weighted by Gasteiger charge is 2.54. The highest BCUT2D eigenvalue weighted by atomic mass is 16.5. The Labute approximate surface area is 211 Å². The van der Waals surface area contributed by atoms with Crippen molar-refractivity contribution in [3.63, 3.8) is 0 Å². The molecule has 3 heterocycles. The van der Waals surface area contributed by atoms with Gasteiger partial charge in [-0.3, -0.25) is 19.3 Å². The summed E-state index contributed by atoms with van der Waals surface area (Å²) in [4.78, 5) is 32.4. The number of pyridine rings is 1. The summed E-state index contributed by atoms with van der Waals surface area (Å²) in [6.45, 7) is 7.85. The van der Waals surface area contributed by atoms with Crippen molar-refractivity contribution in [1.29, 1.82) is 0 Å². The van der Waals surface area contributed by atoms with Crippen molar-refractivity contribution in [2.75, 3.05) is 19.7 Å². The van der Waals surface area contributed by atoms with Crippen molar-refractivity contribution in [3.05, 3.63) is 83.4 Å². The van der Waals surface area contributed by atoms with Crippen LogP contribution in [0.2, 0.25) is 0 Å². The van der Waals surface area contributed by atoms with E-state index in [9.17, 15) is 9.59 Å². The second-order valence-corrected chi connectivity index (χ2v) is 9.91. The molecule has 1 N–H and O–H groups in total. The van der Waals surface area contributed by atoms with Gasteiger partial charge in [-0.25, -0.2) is 0 Å². The number of amides is 2. The third kappa shape index (κ3) is 4.19. The van der Waals surface area contributed by atoms with Crippen LogP contribution in [0.3, 0.4) is 0 Å². The Balaban J connectivity index is 1.40. The van der Waals surface area contributed by atoms with Crippen LogP contribution in [0.4, 0.5) is 0 Å². The molecule has 188 valence electrons. The second-order valence-electron chi connectivity index (χ2n) is 9.91. The summed E-state index contributed by atoms with van der Waals surface area (Å²) in [5.74, 6) is -0.156. The summed E-state index contributed by atoms with van der Waals surface area (Å²) < 4.78 is 8.20. The number of ether oxygens (including phenoxy) is 1. The van der Waals surface area contributed by atoms with Crippen molar-refractivity contribution in [2.45, 2.75) is 57.2 Å². The fraction of sp³-hybridized carbons (Fsp3) is 0.429. The van der Waals surface area contributed by atoms with Crippen LogP contribution in [0.1, 0.15) is 77.5 Å². The lowest BCUT2D eigenvalue weighted by molar-refractivity contribution is -0.0305. The van der Waals surface area contributed by atoms with Crippen LogP contribution in [-0.2, 0) is 10.2 Å². The van der Waals surface area contributed by atoms with Crippen LogP contribution in [0.5, 0.6) is 0 Å². The van der Waals surface area contributed by atoms with E-state index >= 15 is 0 Å². The molecular formula is C28H33N5O3. The number of hydrogen-bond acceptors (Lipinski definition) is 5. The van der Waals surface area contributed by atoms with E-state index in [0.717, 1.165) is 18.4 Å². The lowest BCUT2D eigenvalue weighted by Crippen LogP contribution is -2.52. The van der Waals surface area contributed by atoms with Gasteiger partial charge in [0, 0.05) is 49.7 Å². The first-order chi connectivity index (χ1) is 17.4. The Hall–Kier alpha value is -3.52. The highest BCUT2D eigenvalue weighted by Crippen LogP contribution is 2.52. The molecule has 1 saturated heterocycles. The first kappa shape index (κ1) is 24.2. The summed E-state index contributed by atoms with van der Waals surface area (Å²) in [7, 11) is 0. The number of hydrogen-bond donors (Lipinski definition) is 1. The summed E-state index contributed by atoms with van der Waals surface area (Å²) in [5, 5.41) is 7.57. The molecule has 2 aliphatic rings. The molecule has 1 spiro atoms. The first-order valence-corrected chi connectivity index (χ1v) is 12.7. The first-order valence-electron chi connectivity index (χ1n) is 12.7. The molecule has 5 rings (SSSR count). The zero-order valence-corrected chi connectivity index (χ0v) is 21.1. The fourth-order valence-electron chi connectivity index (χ4n) is 5.74. The Morgan fingerprint density at radius 2 is 1.89 bits per heavy atom. The van der Waals surface area contributed by atoms with E-state index in [1.54, 1.807) is 30.7 Å². The smallest absolute Gasteiger partial charge is 0.257 e. The molecule has 8 nitrogen and oxygen atoms in total. The Morgan fingerprint density at radius 1 is 1.11 bits per heavy atom. The van der Waals surface area contributed by atoms with Crippen LogP contribution in [0, 0.1) is 0 Å². The number of rotatable bonds is 6. The lowest BCUT2D eigenvalue weighted by atomic mass is 9.71. The van der Waals surface area contributed by atoms with Crippen LogP contribution < -0.4 is 5.32 Å². The molecule has 0 unspecified atom stereocenters. The second kappa shape index (κ2) is 9.85. The number of aromatic nitrogens is 3. The molecular weight excluding hydrogens is 454 g/mol. The van der Waals surface area contributed by atoms with Crippen LogP contribution in [0.15, 0.2) is 61.2 Å². The Bertz CT molecular complexity index is 1230. The molecule has 1 aromatic carbocycles. The number of nitrogens with one attached hydrogen (secondary N) is 1. The van der Waals surface area contributed by atoms with Gasteiger partial charge in [-0.05, 0) is 56.9 Å². The number of nitrogens with zero attached hydrogens (tertiary/aromatic N) is 4. The van der Waals surface area contributed by atoms with Gasteiger partial charge in [0.05, 0.1) is 29.5 Å². The molecule has 36 heavy (non-hydrogen) atoms. The van der Waals surface area contributed by atoms with Crippen molar-refractivity contribution in [3.8, 4) is 0 Å². The number of carbonyl (C=O) groups is 2. The van der Waals surface area contributed by atoms with E-state index in [1.165, 1.54) is 5.56 Å². The average molecular weight is 488 g/mol. The van der Waals surface area contributed by atoms with Gasteiger partial charge in [-0.1, -0.05) is 24.3 Å². The van der Waals surface area contributed by atoms with Gasteiger partial charge in [0.15, 0.2) is 0 Å². The maximum atomic E-state index is 13.2. The Kier molecular flexibility index (Phi) is 6.62. The lowest BCUT2D eigenvalue weighted by Gasteiger charge is -2.44. The Morgan fingerprint density at radius 3 is 2.56 bits per heavy atom. The standard InChI is InChI=1S/C28H33N5O3/c1-4-36-25-24(31-26(34)20-8-7-13-29-16-20)22-9-5-6-10-23(22)28(25)11-14-32(15-12-28)27(35)21-17-30-33(18-21)19(2)3/h5-10,13,16-19,24-25H,4,11-12,14-15H2,1-3H3,(H,31,34)/t24-,25+/m1/s1. The average Bonchev–Trinajstić information content (AvgIpc) is 3.49. The summed E-state index contributed by atoms with van der Waals surface area (Å²) >= 11 is 0. The minimum atomic E-state index is -0.279. The summed E-state index contributed by atoms with van der Waals surface area (Å²) in [6, 6.07) is 11.8. The van der Waals surface area contributed by atoms with Crippen LogP contribution in [0.25, 0.3) is 0 Å². The maximum Gasteiger partial charge on any atom is 0.257 e. The predicted molar refractivity (Wildman–Crippen MR) is 136 cm³/mol. The largest absolute Gasteiger partial charge is 0.375 e. The molecule has 0 bridgehead atoms. The fourth-order valence-corrected chi connectivity index (χ4v) is 5.74. The van der Waals surface area contributed by atoms with Gasteiger partial charge >= 0.3 is 0 Å². The van der Waals surface area contributed by atoms with Crippen molar-refractivity contribution in [2.24, 2.45) is 0 Å². The van der Waals surface area contributed by atoms with Gasteiger partial charge in [-0.15, -0.1) is 0 Å². The maximum absolute atomic E-state index is 13.2. The number of fused-ring (bicyclic) bond motifs is 2. The molecule has 2 amide bonds. The van der Waals surface area contributed by atoms with Gasteiger partial charge < -0.3 is 15.0 Å². The molecule has 1 fully saturated rings. The molecule has 1 aliphatic carbocycles. The number of benzene rings is 1. The molecule has 3 aromatic rings. The van der Waals surface area contributed by atoms with E-state index in [2.05, 4.69) is 27.5 Å². The SMILES string of the molecule is CCO[C@H]1[C@H](NC(=O)c2cccnc2)c2ccccc2C12CCN(C(=O)c1cnn(C(C)C)c1)CC2. The van der Waals surface area contributed by atoms with Gasteiger partial charge in [0.25, 0.3) is 11.8 Å². The number of carbonyl (C=O) groups excluding carboxylic acids is 2. The molecule has 2 atom stereocenters. The molecule has 0 saturated carbocycles. The van der Waals surface area contributed by atoms with E-state index < -0.39 is 0 Å². The molecule has 0 radical (unpaired) electrons. The van der Waals surface area contributed by atoms with Gasteiger partial charge in [-0.2, -0.15) is 5.10 Å². The summed E-state index contributed by atoms with van der Waals surface area (Å²) in [5.41, 5.74) is 3.16. The monoisotopic (exact) mass is 487 g/mol. The van der Waals surface area contributed by atoms with E-state index in [1.807, 2.05) is 48.7 Å². The predicted octanol–water partition coefficient (Wildman–Crippen LogP) is 3.92. The minimum absolute atomic E-state index is 0.0115. The van der Waals surface area contributed by atoms with Gasteiger partial charge in [0.1, 0.15) is 0 Å². The molecule has 2 aromatic heterocycles. The number of likely N-dealkylation sites (tertiary alicyclic amines) is 1. The van der Waals surface area contributed by atoms with Crippen molar-refractivity contribution in [1.82, 2.24) is 25.0 Å². The quantitative estimate of drug-likeness (QED) is 0.569. The van der Waals surface area contributed by atoms with E-state index in [-0.39, 0.29) is 35.4 Å². The van der Waals surface area contributed by atoms with Crippen LogP contribution >= 0.6 is 0 Å². The zero-order valence-electron chi connectivity index (χ0n) is 21.1. The molecule has 8 heteroatoms. The van der Waals surface area contributed by atoms with Crippen molar-refractivity contribution < 1.29 is 14.3 Å². The topological polar surface area (TPSA) is 89.3 Å². The normalized spacial score (nSPS) is 20.5. The zero-order chi connectivity index (χ0) is 25.3. The van der Waals surface area contributed by atoms with Crippen molar-refractivity contribution >= 4 is 11.8 Å². The minimum Gasteiger partial charge on any atom is -0.375 e.